The Morgan fingerprint density at radius 2 is 1.87 bits per heavy atom. The molecular formula is C12H14NO15S2-3. The summed E-state index contributed by atoms with van der Waals surface area (Å²) in [5.41, 5.74) is 0. The van der Waals surface area contributed by atoms with Crippen LogP contribution < -0.4 is 9.83 Å². The van der Waals surface area contributed by atoms with Gasteiger partial charge in [0.2, 0.25) is 16.7 Å². The number of carbonyl (C=O) groups is 1. The smallest absolute Gasteiger partial charge is 0.231 e. The van der Waals surface area contributed by atoms with Crippen LogP contribution in [0.3, 0.4) is 0 Å². The highest BCUT2D eigenvalue weighted by Crippen LogP contribution is 2.33. The molecule has 0 aromatic carbocycles. The molecule has 0 aliphatic carbocycles. The van der Waals surface area contributed by atoms with Crippen molar-refractivity contribution in [1.82, 2.24) is 4.72 Å². The van der Waals surface area contributed by atoms with E-state index in [9.17, 15) is 46.1 Å². The van der Waals surface area contributed by atoms with Crippen LogP contribution in [0.2, 0.25) is 0 Å². The maximum absolute atomic E-state index is 11.0. The number of aliphatic carboxylic acids is 1. The molecule has 2 fully saturated rings. The van der Waals surface area contributed by atoms with Crippen LogP contribution in [-0.2, 0) is 48.6 Å². The van der Waals surface area contributed by atoms with Crippen molar-refractivity contribution in [3.63, 3.8) is 0 Å². The first-order valence-corrected chi connectivity index (χ1v) is 10.7. The number of aliphatic hydroxyl groups is 2. The van der Waals surface area contributed by atoms with E-state index >= 15 is 0 Å². The fraction of sp³-hybridized carbons (Fsp3) is 0.750. The zero-order chi connectivity index (χ0) is 22.4. The summed E-state index contributed by atoms with van der Waals surface area (Å²) in [7, 11) is -10.5. The third-order valence-corrected chi connectivity index (χ3v) is 5.29. The van der Waals surface area contributed by atoms with E-state index in [2.05, 4.69) is 4.18 Å². The minimum Gasteiger partial charge on any atom is -0.735 e. The van der Waals surface area contributed by atoms with E-state index in [-0.39, 0.29) is 6.61 Å². The minimum atomic E-state index is -5.44. The van der Waals surface area contributed by atoms with E-state index < -0.39 is 81.6 Å². The molecule has 3 aliphatic heterocycles. The van der Waals surface area contributed by atoms with Crippen molar-refractivity contribution >= 4 is 26.7 Å². The molecule has 18 heteroatoms. The Morgan fingerprint density at radius 3 is 2.43 bits per heavy atom. The van der Waals surface area contributed by atoms with E-state index in [0.717, 1.165) is 0 Å². The molecule has 30 heavy (non-hydrogen) atoms. The predicted octanol–water partition coefficient (Wildman–Crippen LogP) is -5.90. The number of rotatable bonds is 7. The Balaban J connectivity index is 1.86. The second-order valence-corrected chi connectivity index (χ2v) is 8.48. The van der Waals surface area contributed by atoms with E-state index in [1.807, 2.05) is 0 Å². The maximum Gasteiger partial charge on any atom is 0.231 e. The lowest BCUT2D eigenvalue weighted by Crippen LogP contribution is -2.63. The molecule has 0 saturated carbocycles. The van der Waals surface area contributed by atoms with Crippen molar-refractivity contribution in [2.24, 2.45) is 0 Å². The van der Waals surface area contributed by atoms with Crippen molar-refractivity contribution < 1.29 is 69.2 Å². The zero-order valence-electron chi connectivity index (χ0n) is 14.4. The molecular weight excluding hydrogens is 462 g/mol. The standard InChI is InChI=1S/C12H17NO15S2/c14-3-1-4(10(16)17)25-12(8(3)28-30(21,22)23)27-9-5-2-24-11(26-5)6(7(9)15)13-29(18,19)20/h1,3,5-9,11-15H,2H2,(H,16,17)(H,18,19,20)(H,21,22,23)/p-3/t3-,5+,6+,7+,8+,9?,11+,12-/m0/s1. The van der Waals surface area contributed by atoms with Gasteiger partial charge in [-0.2, -0.15) is 0 Å². The van der Waals surface area contributed by atoms with Crippen molar-refractivity contribution in [1.29, 1.82) is 0 Å². The lowest BCUT2D eigenvalue weighted by molar-refractivity contribution is -0.313. The number of hydrogen-bond acceptors (Lipinski definition) is 15. The number of carbonyl (C=O) groups excluding carboxylic acids is 1. The average molecular weight is 476 g/mol. The highest BCUT2D eigenvalue weighted by Gasteiger charge is 2.53. The molecule has 0 radical (unpaired) electrons. The summed E-state index contributed by atoms with van der Waals surface area (Å²) < 4.78 is 92.0. The molecule has 2 bridgehead atoms. The summed E-state index contributed by atoms with van der Waals surface area (Å²) in [6.45, 7) is -0.284. The third kappa shape index (κ3) is 5.23. The van der Waals surface area contributed by atoms with Crippen LogP contribution in [-0.4, -0.2) is 97.9 Å². The Hall–Kier alpha value is -1.45. The van der Waals surface area contributed by atoms with E-state index in [4.69, 9.17) is 18.9 Å². The molecule has 0 spiro atoms. The van der Waals surface area contributed by atoms with Gasteiger partial charge in [0.05, 0.1) is 6.61 Å². The van der Waals surface area contributed by atoms with Crippen LogP contribution in [0, 0.1) is 0 Å². The Bertz CT molecular complexity index is 916. The molecule has 0 aromatic rings. The molecule has 3 N–H and O–H groups in total. The van der Waals surface area contributed by atoms with Crippen molar-refractivity contribution in [2.75, 3.05) is 6.61 Å². The Labute approximate surface area is 168 Å². The monoisotopic (exact) mass is 476 g/mol. The van der Waals surface area contributed by atoms with Crippen molar-refractivity contribution in [3.8, 4) is 0 Å². The minimum absolute atomic E-state index is 0.284. The number of ether oxygens (including phenoxy) is 4. The molecule has 0 aromatic heterocycles. The van der Waals surface area contributed by atoms with Crippen molar-refractivity contribution in [2.45, 2.75) is 49.1 Å². The fourth-order valence-electron chi connectivity index (χ4n) is 3.10. The van der Waals surface area contributed by atoms with Gasteiger partial charge in [-0.25, -0.2) is 21.6 Å². The lowest BCUT2D eigenvalue weighted by Gasteiger charge is -2.42. The molecule has 3 rings (SSSR count). The summed E-state index contributed by atoms with van der Waals surface area (Å²) in [6.07, 6.45) is -11.7. The van der Waals surface area contributed by atoms with Gasteiger partial charge in [0.15, 0.2) is 22.7 Å². The van der Waals surface area contributed by atoms with E-state index in [1.165, 1.54) is 0 Å². The van der Waals surface area contributed by atoms with Crippen LogP contribution in [0.5, 0.6) is 0 Å². The van der Waals surface area contributed by atoms with E-state index in [1.54, 1.807) is 4.72 Å². The quantitative estimate of drug-likeness (QED) is 0.228. The molecule has 1 unspecified atom stereocenters. The molecule has 0 amide bonds. The van der Waals surface area contributed by atoms with Crippen LogP contribution >= 0.6 is 0 Å². The van der Waals surface area contributed by atoms with Crippen LogP contribution in [0.1, 0.15) is 0 Å². The second-order valence-electron chi connectivity index (χ2n) is 6.33. The number of aliphatic hydroxyl groups excluding tert-OH is 2. The fourth-order valence-corrected chi connectivity index (χ4v) is 4.16. The zero-order valence-corrected chi connectivity index (χ0v) is 16.1. The van der Waals surface area contributed by atoms with Gasteiger partial charge in [-0.15, -0.1) is 0 Å². The van der Waals surface area contributed by atoms with Gasteiger partial charge in [0.25, 0.3) is 0 Å². The summed E-state index contributed by atoms with van der Waals surface area (Å²) in [6, 6.07) is -1.66. The Morgan fingerprint density at radius 1 is 1.20 bits per heavy atom. The predicted molar refractivity (Wildman–Crippen MR) is 80.7 cm³/mol. The number of carboxylic acids is 1. The number of carboxylic acid groups (broad SMARTS) is 1. The molecule has 3 heterocycles. The van der Waals surface area contributed by atoms with Crippen LogP contribution in [0.15, 0.2) is 11.8 Å². The first-order chi connectivity index (χ1) is 13.7. The number of hydrogen-bond donors (Lipinski definition) is 3. The number of nitrogens with one attached hydrogen (secondary N) is 1. The van der Waals surface area contributed by atoms with Crippen molar-refractivity contribution in [3.05, 3.63) is 11.8 Å². The molecule has 172 valence electrons. The molecule has 2 saturated heterocycles. The van der Waals surface area contributed by atoms with Crippen LogP contribution in [0.25, 0.3) is 0 Å². The summed E-state index contributed by atoms with van der Waals surface area (Å²) in [4.78, 5) is 11.0. The van der Waals surface area contributed by atoms with Gasteiger partial charge in [0.1, 0.15) is 42.2 Å². The van der Waals surface area contributed by atoms with Gasteiger partial charge in [-0.3, -0.25) is 4.18 Å². The SMILES string of the molecule is O=C([O-])C1=C[C@H](O)[C@@H](OS(=O)(=O)[O-])[C@H](OC2[C@H]3CO[C@H](O3)[C@H](NS(=O)(=O)[O-])[C@H]2O)O1. The normalized spacial score (nSPS) is 39.3. The highest BCUT2D eigenvalue weighted by molar-refractivity contribution is 7.83. The first kappa shape index (κ1) is 23.2. The molecule has 8 atom stereocenters. The van der Waals surface area contributed by atoms with Gasteiger partial charge in [-0.05, 0) is 6.08 Å². The first-order valence-electron chi connectivity index (χ1n) is 8.01. The summed E-state index contributed by atoms with van der Waals surface area (Å²) >= 11 is 0. The lowest BCUT2D eigenvalue weighted by atomic mass is 9.99. The highest BCUT2D eigenvalue weighted by atomic mass is 32.3. The molecule has 3 aliphatic rings. The molecule has 16 nitrogen and oxygen atoms in total. The van der Waals surface area contributed by atoms with Gasteiger partial charge in [0, 0.05) is 0 Å². The van der Waals surface area contributed by atoms with E-state index in [0.29, 0.717) is 6.08 Å². The maximum atomic E-state index is 11.0. The largest absolute Gasteiger partial charge is 0.735 e. The summed E-state index contributed by atoms with van der Waals surface area (Å²) in [5.74, 6) is -2.94. The average Bonchev–Trinajstić information content (AvgIpc) is 3.02. The number of fused-ring (bicyclic) bond motifs is 2. The van der Waals surface area contributed by atoms with Gasteiger partial charge < -0.3 is 48.2 Å². The Kier molecular flexibility index (Phi) is 6.38. The topological polar surface area (TPSA) is 253 Å². The second kappa shape index (κ2) is 8.24. The third-order valence-electron chi connectivity index (χ3n) is 4.27. The van der Waals surface area contributed by atoms with Gasteiger partial charge in [-0.1, -0.05) is 0 Å². The van der Waals surface area contributed by atoms with Crippen LogP contribution in [0.4, 0.5) is 0 Å². The summed E-state index contributed by atoms with van der Waals surface area (Å²) in [5, 5.41) is 31.4. The van der Waals surface area contributed by atoms with Gasteiger partial charge >= 0.3 is 0 Å².